The molecule has 1 unspecified atom stereocenters. The van der Waals surface area contributed by atoms with E-state index in [1.54, 1.807) is 13.8 Å². The van der Waals surface area contributed by atoms with Crippen molar-refractivity contribution < 1.29 is 17.5 Å². The fraction of sp³-hybridized carbons (Fsp3) is 0.455. The van der Waals surface area contributed by atoms with Crippen LogP contribution in [0.1, 0.15) is 13.8 Å². The first-order chi connectivity index (χ1) is 8.77. The quantitative estimate of drug-likeness (QED) is 0.785. The fourth-order valence-corrected chi connectivity index (χ4v) is 2.97. The average Bonchev–Trinajstić information content (AvgIpc) is 2.31. The van der Waals surface area contributed by atoms with Gasteiger partial charge in [0.2, 0.25) is 10.0 Å². The highest BCUT2D eigenvalue weighted by molar-refractivity contribution is 7.89. The Morgan fingerprint density at radius 3 is 2.74 bits per heavy atom. The van der Waals surface area contributed by atoms with Gasteiger partial charge in [-0.1, -0.05) is 11.6 Å². The number of anilines is 1. The van der Waals surface area contributed by atoms with Crippen LogP contribution >= 0.6 is 11.6 Å². The third-order valence-electron chi connectivity index (χ3n) is 2.33. The zero-order chi connectivity index (χ0) is 14.6. The lowest BCUT2D eigenvalue weighted by Gasteiger charge is -2.14. The second-order valence-corrected chi connectivity index (χ2v) is 6.10. The number of rotatable bonds is 6. The second kappa shape index (κ2) is 6.51. The lowest BCUT2D eigenvalue weighted by atomic mass is 10.3. The predicted octanol–water partition coefficient (Wildman–Crippen LogP) is 1.76. The molecule has 0 aliphatic heterocycles. The zero-order valence-corrected chi connectivity index (χ0v) is 12.2. The number of benzene rings is 1. The molecule has 1 aromatic carbocycles. The number of nitrogens with two attached hydrogens (primary N) is 1. The lowest BCUT2D eigenvalue weighted by molar-refractivity contribution is 0.0799. The van der Waals surface area contributed by atoms with Gasteiger partial charge in [0.25, 0.3) is 0 Å². The van der Waals surface area contributed by atoms with Crippen LogP contribution in [0, 0.1) is 5.82 Å². The van der Waals surface area contributed by atoms with Gasteiger partial charge >= 0.3 is 0 Å². The normalized spacial score (nSPS) is 13.5. The van der Waals surface area contributed by atoms with Crippen LogP contribution in [0.3, 0.4) is 0 Å². The minimum atomic E-state index is -4.02. The van der Waals surface area contributed by atoms with Crippen molar-refractivity contribution in [2.75, 3.05) is 18.9 Å². The molecule has 1 atom stereocenters. The molecule has 0 saturated heterocycles. The summed E-state index contributed by atoms with van der Waals surface area (Å²) < 4.78 is 45.0. The standard InChI is InChI=1S/C11H16ClFN2O3S/c1-3-18-7(2)6-15-19(16,17)10-5-8(12)4-9(14)11(10)13/h4-5,7,15H,3,6,14H2,1-2H3. The van der Waals surface area contributed by atoms with Crippen molar-refractivity contribution >= 4 is 27.3 Å². The Bertz CT molecular complexity index is 551. The van der Waals surface area contributed by atoms with Gasteiger partial charge < -0.3 is 10.5 Å². The first-order valence-electron chi connectivity index (χ1n) is 5.63. The van der Waals surface area contributed by atoms with Crippen molar-refractivity contribution in [1.82, 2.24) is 4.72 Å². The SMILES string of the molecule is CCOC(C)CNS(=O)(=O)c1cc(Cl)cc(N)c1F. The smallest absolute Gasteiger partial charge is 0.243 e. The number of sulfonamides is 1. The maximum absolute atomic E-state index is 13.7. The minimum Gasteiger partial charge on any atom is -0.396 e. The van der Waals surface area contributed by atoms with Crippen LogP contribution in [0.25, 0.3) is 0 Å². The molecule has 0 bridgehead atoms. The molecule has 0 aliphatic carbocycles. The Balaban J connectivity index is 2.95. The van der Waals surface area contributed by atoms with Gasteiger partial charge in [0, 0.05) is 18.2 Å². The van der Waals surface area contributed by atoms with Gasteiger partial charge in [0.05, 0.1) is 11.8 Å². The Kier molecular flexibility index (Phi) is 5.54. The van der Waals surface area contributed by atoms with Crippen LogP contribution in [0.15, 0.2) is 17.0 Å². The topological polar surface area (TPSA) is 81.4 Å². The highest BCUT2D eigenvalue weighted by Crippen LogP contribution is 2.25. The van der Waals surface area contributed by atoms with Crippen LogP contribution in [-0.2, 0) is 14.8 Å². The van der Waals surface area contributed by atoms with E-state index in [9.17, 15) is 12.8 Å². The third kappa shape index (κ3) is 4.31. The number of ether oxygens (including phenoxy) is 1. The Labute approximate surface area is 116 Å². The highest BCUT2D eigenvalue weighted by Gasteiger charge is 2.22. The fourth-order valence-electron chi connectivity index (χ4n) is 1.43. The van der Waals surface area contributed by atoms with Gasteiger partial charge in [0.1, 0.15) is 4.90 Å². The monoisotopic (exact) mass is 310 g/mol. The largest absolute Gasteiger partial charge is 0.396 e. The van der Waals surface area contributed by atoms with E-state index in [-0.39, 0.29) is 23.4 Å². The molecule has 19 heavy (non-hydrogen) atoms. The number of nitrogens with one attached hydrogen (secondary N) is 1. The molecule has 1 aromatic rings. The Morgan fingerprint density at radius 1 is 1.53 bits per heavy atom. The molecule has 1 rings (SSSR count). The summed E-state index contributed by atoms with van der Waals surface area (Å²) in [7, 11) is -4.02. The van der Waals surface area contributed by atoms with Crippen LogP contribution in [0.4, 0.5) is 10.1 Å². The summed E-state index contributed by atoms with van der Waals surface area (Å²) in [4.78, 5) is -0.568. The van der Waals surface area contributed by atoms with E-state index in [2.05, 4.69) is 4.72 Å². The van der Waals surface area contributed by atoms with Crippen molar-refractivity contribution in [1.29, 1.82) is 0 Å². The molecular weight excluding hydrogens is 295 g/mol. The molecule has 5 nitrogen and oxygen atoms in total. The summed E-state index contributed by atoms with van der Waals surface area (Å²) in [6.07, 6.45) is -0.320. The van der Waals surface area contributed by atoms with Crippen LogP contribution in [0.2, 0.25) is 5.02 Å². The first kappa shape index (κ1) is 16.2. The van der Waals surface area contributed by atoms with E-state index in [0.29, 0.717) is 6.61 Å². The molecule has 108 valence electrons. The maximum atomic E-state index is 13.7. The van der Waals surface area contributed by atoms with Gasteiger partial charge in [0.15, 0.2) is 5.82 Å². The average molecular weight is 311 g/mol. The number of nitrogen functional groups attached to an aromatic ring is 1. The number of hydrogen-bond donors (Lipinski definition) is 2. The van der Waals surface area contributed by atoms with Crippen molar-refractivity contribution in [2.45, 2.75) is 24.8 Å². The van der Waals surface area contributed by atoms with E-state index in [4.69, 9.17) is 22.1 Å². The summed E-state index contributed by atoms with van der Waals surface area (Å²) in [6.45, 7) is 3.99. The number of hydrogen-bond acceptors (Lipinski definition) is 4. The van der Waals surface area contributed by atoms with E-state index in [0.717, 1.165) is 12.1 Å². The zero-order valence-electron chi connectivity index (χ0n) is 10.6. The van der Waals surface area contributed by atoms with Gasteiger partial charge in [-0.2, -0.15) is 0 Å². The number of halogens is 2. The molecule has 0 amide bonds. The van der Waals surface area contributed by atoms with Crippen LogP contribution in [-0.4, -0.2) is 27.7 Å². The van der Waals surface area contributed by atoms with Gasteiger partial charge in [-0.05, 0) is 26.0 Å². The van der Waals surface area contributed by atoms with E-state index in [1.165, 1.54) is 0 Å². The van der Waals surface area contributed by atoms with Gasteiger partial charge in [-0.15, -0.1) is 0 Å². The molecule has 0 saturated carbocycles. The maximum Gasteiger partial charge on any atom is 0.243 e. The third-order valence-corrected chi connectivity index (χ3v) is 3.97. The van der Waals surface area contributed by atoms with Crippen molar-refractivity contribution in [2.24, 2.45) is 0 Å². The van der Waals surface area contributed by atoms with Crippen molar-refractivity contribution in [3.05, 3.63) is 23.0 Å². The summed E-state index contributed by atoms with van der Waals surface area (Å²) in [6, 6.07) is 2.17. The molecule has 0 spiro atoms. The molecule has 0 heterocycles. The lowest BCUT2D eigenvalue weighted by Crippen LogP contribution is -2.32. The molecular formula is C11H16ClFN2O3S. The highest BCUT2D eigenvalue weighted by atomic mass is 35.5. The Morgan fingerprint density at radius 2 is 2.16 bits per heavy atom. The summed E-state index contributed by atoms with van der Waals surface area (Å²) in [5.74, 6) is -1.01. The van der Waals surface area contributed by atoms with Crippen LogP contribution < -0.4 is 10.5 Å². The second-order valence-electron chi connectivity index (χ2n) is 3.92. The summed E-state index contributed by atoms with van der Waals surface area (Å²) in [5.41, 5.74) is 5.03. The van der Waals surface area contributed by atoms with E-state index >= 15 is 0 Å². The van der Waals surface area contributed by atoms with E-state index in [1.807, 2.05) is 0 Å². The molecule has 0 fully saturated rings. The van der Waals surface area contributed by atoms with Crippen molar-refractivity contribution in [3.63, 3.8) is 0 Å². The predicted molar refractivity (Wildman–Crippen MR) is 72.1 cm³/mol. The summed E-state index contributed by atoms with van der Waals surface area (Å²) in [5, 5.41) is 0.0529. The van der Waals surface area contributed by atoms with Crippen LogP contribution in [0.5, 0.6) is 0 Å². The Hall–Kier alpha value is -0.890. The molecule has 3 N–H and O–H groups in total. The molecule has 8 heteroatoms. The molecule has 0 aromatic heterocycles. The molecule has 0 radical (unpaired) electrons. The van der Waals surface area contributed by atoms with Crippen molar-refractivity contribution in [3.8, 4) is 0 Å². The summed E-state index contributed by atoms with van der Waals surface area (Å²) >= 11 is 5.68. The minimum absolute atomic E-state index is 0.0298. The van der Waals surface area contributed by atoms with Gasteiger partial charge in [-0.25, -0.2) is 17.5 Å². The first-order valence-corrected chi connectivity index (χ1v) is 7.49. The van der Waals surface area contributed by atoms with E-state index < -0.39 is 20.7 Å². The van der Waals surface area contributed by atoms with Gasteiger partial charge in [-0.3, -0.25) is 0 Å². The molecule has 0 aliphatic rings.